The van der Waals surface area contributed by atoms with Crippen molar-refractivity contribution in [1.29, 1.82) is 5.26 Å². The average Bonchev–Trinajstić information content (AvgIpc) is 3.34. The Morgan fingerprint density at radius 2 is 2.12 bits per heavy atom. The van der Waals surface area contributed by atoms with Gasteiger partial charge >= 0.3 is 6.16 Å². The lowest BCUT2D eigenvalue weighted by molar-refractivity contribution is -0.0816. The van der Waals surface area contributed by atoms with Crippen LogP contribution < -0.4 is 5.73 Å². The maximum atomic E-state index is 12.3. The number of ether oxygens (including phenoxy) is 3. The van der Waals surface area contributed by atoms with Crippen LogP contribution in [0.1, 0.15) is 25.2 Å². The minimum atomic E-state index is -1.99. The molecule has 0 spiro atoms. The number of aromatic nitrogens is 4. The molecule has 1 saturated heterocycles. The number of rotatable bonds is 5. The van der Waals surface area contributed by atoms with Gasteiger partial charge < -0.3 is 30.2 Å². The Balaban J connectivity index is 1.49. The number of nitrogens with two attached hydrogens (primary N) is 1. The molecule has 1 aliphatic heterocycles. The SMILES string of the molecule is CC(C)(OC(=O)OC[C@H]1O[C@@](C#N)(c2ccc3c(N)ncnn23)[C@H](O)[C@@H]1O)c1ccccn1. The van der Waals surface area contributed by atoms with Crippen molar-refractivity contribution in [3.63, 3.8) is 0 Å². The van der Waals surface area contributed by atoms with Crippen LogP contribution in [0, 0.1) is 11.3 Å². The van der Waals surface area contributed by atoms with Crippen LogP contribution in [-0.2, 0) is 25.4 Å². The van der Waals surface area contributed by atoms with Gasteiger partial charge in [0.15, 0.2) is 11.4 Å². The van der Waals surface area contributed by atoms with Gasteiger partial charge in [0.2, 0.25) is 5.60 Å². The molecule has 4 atom stereocenters. The summed E-state index contributed by atoms with van der Waals surface area (Å²) in [5.74, 6) is 0.163. The molecule has 4 rings (SSSR count). The van der Waals surface area contributed by atoms with E-state index >= 15 is 0 Å². The van der Waals surface area contributed by atoms with Crippen LogP contribution in [0.5, 0.6) is 0 Å². The molecule has 4 N–H and O–H groups in total. The summed E-state index contributed by atoms with van der Waals surface area (Å²) in [6.07, 6.45) is -2.68. The topological polar surface area (TPSA) is 178 Å². The molecule has 0 aliphatic carbocycles. The number of nitriles is 1. The molecular weight excluding hydrogens is 432 g/mol. The standard InChI is InChI=1S/C21H22N6O6/c1-20(2,14-5-3-4-8-24-14)33-19(30)31-9-13-16(28)17(29)21(10-22,32-13)15-7-6-12-18(23)25-11-26-27(12)15/h3-8,11,13,16-17,28-29H,9H2,1-2H3,(H2,23,25,26)/t13-,16-,17-,21+/m1/s1. The van der Waals surface area contributed by atoms with Gasteiger partial charge in [-0.1, -0.05) is 6.07 Å². The highest BCUT2D eigenvalue weighted by Crippen LogP contribution is 2.40. The fraction of sp³-hybridized carbons (Fsp3) is 0.381. The lowest BCUT2D eigenvalue weighted by atomic mass is 9.92. The van der Waals surface area contributed by atoms with E-state index in [1.807, 2.05) is 6.07 Å². The van der Waals surface area contributed by atoms with E-state index in [0.717, 1.165) is 0 Å². The Labute approximate surface area is 188 Å². The summed E-state index contributed by atoms with van der Waals surface area (Å²) in [7, 11) is 0. The van der Waals surface area contributed by atoms with Crippen molar-refractivity contribution in [2.24, 2.45) is 0 Å². The van der Waals surface area contributed by atoms with Crippen LogP contribution in [-0.4, -0.2) is 60.9 Å². The maximum Gasteiger partial charge on any atom is 0.509 e. The van der Waals surface area contributed by atoms with Gasteiger partial charge in [-0.25, -0.2) is 14.3 Å². The molecule has 3 aromatic rings. The van der Waals surface area contributed by atoms with E-state index in [1.165, 1.54) is 16.9 Å². The molecule has 0 radical (unpaired) electrons. The minimum absolute atomic E-state index is 0.141. The van der Waals surface area contributed by atoms with Gasteiger partial charge in [-0.05, 0) is 38.1 Å². The zero-order chi connectivity index (χ0) is 23.8. The van der Waals surface area contributed by atoms with E-state index in [9.17, 15) is 20.3 Å². The number of hydrogen-bond donors (Lipinski definition) is 3. The van der Waals surface area contributed by atoms with Crippen molar-refractivity contribution in [3.05, 3.63) is 54.2 Å². The number of carbonyl (C=O) groups excluding carboxylic acids is 1. The highest BCUT2D eigenvalue weighted by atomic mass is 16.7. The maximum absolute atomic E-state index is 12.3. The van der Waals surface area contributed by atoms with Crippen molar-refractivity contribution in [3.8, 4) is 6.07 Å². The van der Waals surface area contributed by atoms with E-state index in [0.29, 0.717) is 11.2 Å². The summed E-state index contributed by atoms with van der Waals surface area (Å²) in [4.78, 5) is 20.3. The molecule has 12 nitrogen and oxygen atoms in total. The van der Waals surface area contributed by atoms with Crippen molar-refractivity contribution >= 4 is 17.5 Å². The monoisotopic (exact) mass is 454 g/mol. The third-order valence-corrected chi connectivity index (χ3v) is 5.47. The van der Waals surface area contributed by atoms with Crippen molar-refractivity contribution in [2.45, 2.75) is 43.4 Å². The summed E-state index contributed by atoms with van der Waals surface area (Å²) < 4.78 is 17.5. The molecule has 0 aromatic carbocycles. The summed E-state index contributed by atoms with van der Waals surface area (Å²) in [5, 5.41) is 35.2. The summed E-state index contributed by atoms with van der Waals surface area (Å²) in [6, 6.07) is 10.2. The second kappa shape index (κ2) is 8.28. The third kappa shape index (κ3) is 3.82. The summed E-state index contributed by atoms with van der Waals surface area (Å²) in [5.41, 5.74) is 3.82. The minimum Gasteiger partial charge on any atom is -0.431 e. The van der Waals surface area contributed by atoms with Gasteiger partial charge in [-0.3, -0.25) is 4.98 Å². The largest absolute Gasteiger partial charge is 0.509 e. The molecule has 1 fully saturated rings. The molecular formula is C21H22N6O6. The number of aliphatic hydroxyl groups is 2. The van der Waals surface area contributed by atoms with Crippen LogP contribution in [0.25, 0.3) is 5.52 Å². The number of carbonyl (C=O) groups is 1. The predicted molar refractivity (Wildman–Crippen MR) is 111 cm³/mol. The molecule has 172 valence electrons. The highest BCUT2D eigenvalue weighted by molar-refractivity contribution is 5.66. The summed E-state index contributed by atoms with van der Waals surface area (Å²) in [6.45, 7) is 2.82. The normalized spacial score (nSPS) is 25.0. The van der Waals surface area contributed by atoms with Crippen LogP contribution in [0.2, 0.25) is 0 Å². The number of pyridine rings is 1. The molecule has 33 heavy (non-hydrogen) atoms. The average molecular weight is 454 g/mol. The number of nitrogens with zero attached hydrogens (tertiary/aromatic N) is 5. The van der Waals surface area contributed by atoms with Crippen molar-refractivity contribution < 1.29 is 29.2 Å². The molecule has 0 amide bonds. The van der Waals surface area contributed by atoms with Gasteiger partial charge in [-0.15, -0.1) is 0 Å². The van der Waals surface area contributed by atoms with Crippen molar-refractivity contribution in [1.82, 2.24) is 19.6 Å². The van der Waals surface area contributed by atoms with Gasteiger partial charge in [0.25, 0.3) is 0 Å². The number of fused-ring (bicyclic) bond motifs is 1. The molecule has 1 aliphatic rings. The summed E-state index contributed by atoms with van der Waals surface area (Å²) >= 11 is 0. The second-order valence-electron chi connectivity index (χ2n) is 7.99. The highest BCUT2D eigenvalue weighted by Gasteiger charge is 2.58. The van der Waals surface area contributed by atoms with Crippen LogP contribution in [0.3, 0.4) is 0 Å². The van der Waals surface area contributed by atoms with E-state index < -0.39 is 42.3 Å². The number of nitrogen functional groups attached to an aromatic ring is 1. The molecule has 0 unspecified atom stereocenters. The van der Waals surface area contributed by atoms with E-state index in [2.05, 4.69) is 15.1 Å². The smallest absolute Gasteiger partial charge is 0.431 e. The number of anilines is 1. The van der Waals surface area contributed by atoms with Crippen molar-refractivity contribution in [2.75, 3.05) is 12.3 Å². The Morgan fingerprint density at radius 3 is 2.82 bits per heavy atom. The zero-order valence-electron chi connectivity index (χ0n) is 17.8. The van der Waals surface area contributed by atoms with Crippen LogP contribution >= 0.6 is 0 Å². The predicted octanol–water partition coefficient (Wildman–Crippen LogP) is 0.634. The Bertz CT molecular complexity index is 1210. The lowest BCUT2D eigenvalue weighted by Gasteiger charge is -2.25. The first-order valence-corrected chi connectivity index (χ1v) is 10.0. The van der Waals surface area contributed by atoms with Crippen LogP contribution in [0.4, 0.5) is 10.6 Å². The number of aliphatic hydroxyl groups excluding tert-OH is 2. The second-order valence-corrected chi connectivity index (χ2v) is 7.99. The quantitative estimate of drug-likeness (QED) is 0.461. The molecule has 0 bridgehead atoms. The fourth-order valence-electron chi connectivity index (χ4n) is 3.71. The first-order chi connectivity index (χ1) is 15.7. The third-order valence-electron chi connectivity index (χ3n) is 5.47. The van der Waals surface area contributed by atoms with Gasteiger partial charge in [0, 0.05) is 6.20 Å². The van der Waals surface area contributed by atoms with Gasteiger partial charge in [-0.2, -0.15) is 10.4 Å². The Hall–Kier alpha value is -3.79. The molecule has 0 saturated carbocycles. The first kappa shape index (κ1) is 22.4. The first-order valence-electron chi connectivity index (χ1n) is 10.0. The Morgan fingerprint density at radius 1 is 1.33 bits per heavy atom. The molecule has 4 heterocycles. The van der Waals surface area contributed by atoms with Gasteiger partial charge in [0.05, 0.1) is 11.4 Å². The lowest BCUT2D eigenvalue weighted by Crippen LogP contribution is -2.41. The number of hydrogen-bond acceptors (Lipinski definition) is 11. The molecule has 3 aromatic heterocycles. The molecule has 12 heteroatoms. The van der Waals surface area contributed by atoms with E-state index in [-0.39, 0.29) is 11.5 Å². The van der Waals surface area contributed by atoms with Crippen LogP contribution in [0.15, 0.2) is 42.9 Å². The van der Waals surface area contributed by atoms with Gasteiger partial charge in [0.1, 0.15) is 42.8 Å². The van der Waals surface area contributed by atoms with E-state index in [1.54, 1.807) is 44.3 Å². The fourth-order valence-corrected chi connectivity index (χ4v) is 3.71. The zero-order valence-corrected chi connectivity index (χ0v) is 17.8. The Kier molecular flexibility index (Phi) is 5.62. The van der Waals surface area contributed by atoms with E-state index in [4.69, 9.17) is 19.9 Å².